The molecule has 1 fully saturated rings. The summed E-state index contributed by atoms with van der Waals surface area (Å²) in [4.78, 5) is 12.8. The van der Waals surface area contributed by atoms with Gasteiger partial charge in [0.1, 0.15) is 16.4 Å². The molecule has 0 aliphatic carbocycles. The number of hydrogen-bond donors (Lipinski definition) is 1. The van der Waals surface area contributed by atoms with Gasteiger partial charge in [-0.05, 0) is 50.1 Å². The fraction of sp³-hybridized carbons (Fsp3) is 0.381. The summed E-state index contributed by atoms with van der Waals surface area (Å²) in [5, 5.41) is 2.79. The summed E-state index contributed by atoms with van der Waals surface area (Å²) in [6.45, 7) is 3.28. The number of piperidine rings is 1. The smallest absolute Gasteiger partial charge is 0.255 e. The van der Waals surface area contributed by atoms with Crippen molar-refractivity contribution in [2.45, 2.75) is 31.1 Å². The van der Waals surface area contributed by atoms with Crippen molar-refractivity contribution in [3.05, 3.63) is 48.0 Å². The Balaban J connectivity index is 1.91. The topological polar surface area (TPSA) is 84.9 Å². The van der Waals surface area contributed by atoms with E-state index in [2.05, 4.69) is 5.32 Å². The second kappa shape index (κ2) is 9.28. The van der Waals surface area contributed by atoms with E-state index in [0.29, 0.717) is 31.1 Å². The molecular formula is C21H26N2O5S. The van der Waals surface area contributed by atoms with Crippen LogP contribution in [0.1, 0.15) is 36.5 Å². The van der Waals surface area contributed by atoms with Crippen LogP contribution in [0.15, 0.2) is 47.4 Å². The fourth-order valence-corrected chi connectivity index (χ4v) is 5.01. The number of benzene rings is 2. The average molecular weight is 419 g/mol. The molecule has 29 heavy (non-hydrogen) atoms. The third kappa shape index (κ3) is 4.71. The maximum absolute atomic E-state index is 13.1. The maximum atomic E-state index is 13.1. The number of ether oxygens (including phenoxy) is 2. The Morgan fingerprint density at radius 1 is 1.07 bits per heavy atom. The van der Waals surface area contributed by atoms with E-state index in [4.69, 9.17) is 9.47 Å². The number of sulfonamides is 1. The molecule has 0 bridgehead atoms. The summed E-state index contributed by atoms with van der Waals surface area (Å²) < 4.78 is 38.5. The molecular weight excluding hydrogens is 392 g/mol. The van der Waals surface area contributed by atoms with E-state index >= 15 is 0 Å². The van der Waals surface area contributed by atoms with Gasteiger partial charge in [-0.2, -0.15) is 4.31 Å². The molecule has 1 amide bonds. The van der Waals surface area contributed by atoms with Crippen LogP contribution in [0.3, 0.4) is 0 Å². The predicted molar refractivity (Wildman–Crippen MR) is 111 cm³/mol. The minimum atomic E-state index is -3.75. The van der Waals surface area contributed by atoms with Crippen LogP contribution in [-0.4, -0.2) is 45.4 Å². The van der Waals surface area contributed by atoms with Crippen molar-refractivity contribution in [1.29, 1.82) is 0 Å². The molecule has 0 atom stereocenters. The first kappa shape index (κ1) is 21.1. The molecule has 0 radical (unpaired) electrons. The van der Waals surface area contributed by atoms with Crippen molar-refractivity contribution in [2.75, 3.05) is 32.1 Å². The lowest BCUT2D eigenvalue weighted by atomic mass is 10.2. The van der Waals surface area contributed by atoms with Crippen molar-refractivity contribution >= 4 is 21.6 Å². The molecule has 3 rings (SSSR count). The molecule has 1 aliphatic heterocycles. The zero-order chi connectivity index (χ0) is 20.9. The van der Waals surface area contributed by atoms with Crippen LogP contribution in [0, 0.1) is 0 Å². The van der Waals surface area contributed by atoms with Gasteiger partial charge in [0.05, 0.1) is 19.4 Å². The van der Waals surface area contributed by atoms with Gasteiger partial charge in [0.15, 0.2) is 0 Å². The number of amides is 1. The molecule has 8 heteroatoms. The summed E-state index contributed by atoms with van der Waals surface area (Å²) >= 11 is 0. The Bertz CT molecular complexity index is 969. The molecule has 7 nitrogen and oxygen atoms in total. The highest BCUT2D eigenvalue weighted by Crippen LogP contribution is 2.30. The van der Waals surface area contributed by atoms with Gasteiger partial charge in [-0.1, -0.05) is 18.6 Å². The fourth-order valence-electron chi connectivity index (χ4n) is 3.31. The predicted octanol–water partition coefficient (Wildman–Crippen LogP) is 3.52. The summed E-state index contributed by atoms with van der Waals surface area (Å²) in [6.07, 6.45) is 2.68. The van der Waals surface area contributed by atoms with Crippen LogP contribution in [0.4, 0.5) is 5.69 Å². The van der Waals surface area contributed by atoms with Gasteiger partial charge < -0.3 is 14.8 Å². The zero-order valence-electron chi connectivity index (χ0n) is 16.7. The van der Waals surface area contributed by atoms with Crippen molar-refractivity contribution in [3.63, 3.8) is 0 Å². The SMILES string of the molecule is CCOc1ccccc1NC(=O)c1ccc(OC)c(S(=O)(=O)N2CCCCC2)c1. The molecule has 2 aromatic carbocycles. The monoisotopic (exact) mass is 418 g/mol. The maximum Gasteiger partial charge on any atom is 0.255 e. The summed E-state index contributed by atoms with van der Waals surface area (Å²) in [5.74, 6) is 0.356. The second-order valence-corrected chi connectivity index (χ2v) is 8.62. The minimum Gasteiger partial charge on any atom is -0.495 e. The Kier molecular flexibility index (Phi) is 6.76. The van der Waals surface area contributed by atoms with Gasteiger partial charge in [-0.15, -0.1) is 0 Å². The van der Waals surface area contributed by atoms with E-state index in [1.807, 2.05) is 13.0 Å². The lowest BCUT2D eigenvalue weighted by Gasteiger charge is -2.26. The Morgan fingerprint density at radius 3 is 2.48 bits per heavy atom. The summed E-state index contributed by atoms with van der Waals surface area (Å²) in [5.41, 5.74) is 0.753. The highest BCUT2D eigenvalue weighted by atomic mass is 32.2. The average Bonchev–Trinajstić information content (AvgIpc) is 2.75. The number of nitrogens with zero attached hydrogens (tertiary/aromatic N) is 1. The van der Waals surface area contributed by atoms with Crippen LogP contribution in [0.25, 0.3) is 0 Å². The molecule has 156 valence electrons. The zero-order valence-corrected chi connectivity index (χ0v) is 17.5. The molecule has 1 aliphatic rings. The lowest BCUT2D eigenvalue weighted by molar-refractivity contribution is 0.102. The highest BCUT2D eigenvalue weighted by Gasteiger charge is 2.29. The van der Waals surface area contributed by atoms with Crippen molar-refractivity contribution in [1.82, 2.24) is 4.31 Å². The molecule has 0 saturated carbocycles. The van der Waals surface area contributed by atoms with E-state index in [1.54, 1.807) is 24.3 Å². The van der Waals surface area contributed by atoms with Gasteiger partial charge in [-0.25, -0.2) is 8.42 Å². The largest absolute Gasteiger partial charge is 0.495 e. The van der Waals surface area contributed by atoms with E-state index in [9.17, 15) is 13.2 Å². The molecule has 1 saturated heterocycles. The molecule has 1 N–H and O–H groups in total. The number of carbonyl (C=O) groups is 1. The molecule has 0 aromatic heterocycles. The number of hydrogen-bond acceptors (Lipinski definition) is 5. The van der Waals surface area contributed by atoms with E-state index in [1.165, 1.54) is 23.5 Å². The molecule has 2 aromatic rings. The number of anilines is 1. The standard InChI is InChI=1S/C21H26N2O5S/c1-3-28-18-10-6-5-9-17(18)22-21(24)16-11-12-19(27-2)20(15-16)29(25,26)23-13-7-4-8-14-23/h5-6,9-12,15H,3-4,7-8,13-14H2,1-2H3,(H,22,24). The summed E-state index contributed by atoms with van der Waals surface area (Å²) in [6, 6.07) is 11.5. The number of methoxy groups -OCH3 is 1. The quantitative estimate of drug-likeness (QED) is 0.744. The number of carbonyl (C=O) groups excluding carboxylic acids is 1. The molecule has 1 heterocycles. The third-order valence-corrected chi connectivity index (χ3v) is 6.71. The Morgan fingerprint density at radius 2 is 1.79 bits per heavy atom. The van der Waals surface area contributed by atoms with Crippen LogP contribution in [-0.2, 0) is 10.0 Å². The van der Waals surface area contributed by atoms with Crippen LogP contribution in [0.2, 0.25) is 0 Å². The molecule has 0 spiro atoms. The van der Waals surface area contributed by atoms with E-state index < -0.39 is 15.9 Å². The highest BCUT2D eigenvalue weighted by molar-refractivity contribution is 7.89. The number of rotatable bonds is 7. The number of para-hydroxylation sites is 2. The van der Waals surface area contributed by atoms with Crippen molar-refractivity contribution < 1.29 is 22.7 Å². The van der Waals surface area contributed by atoms with Crippen molar-refractivity contribution in [2.24, 2.45) is 0 Å². The first-order valence-corrected chi connectivity index (χ1v) is 11.1. The van der Waals surface area contributed by atoms with Crippen LogP contribution < -0.4 is 14.8 Å². The summed E-state index contributed by atoms with van der Waals surface area (Å²) in [7, 11) is -2.33. The normalized spacial score (nSPS) is 15.0. The van der Waals surface area contributed by atoms with Gasteiger partial charge >= 0.3 is 0 Å². The first-order valence-electron chi connectivity index (χ1n) is 9.68. The van der Waals surface area contributed by atoms with Crippen LogP contribution >= 0.6 is 0 Å². The van der Waals surface area contributed by atoms with E-state index in [-0.39, 0.29) is 16.2 Å². The Hall–Kier alpha value is -2.58. The van der Waals surface area contributed by atoms with Crippen molar-refractivity contribution in [3.8, 4) is 11.5 Å². The van der Waals surface area contributed by atoms with Gasteiger partial charge in [0.2, 0.25) is 10.0 Å². The minimum absolute atomic E-state index is 0.00708. The lowest BCUT2D eigenvalue weighted by Crippen LogP contribution is -2.35. The number of nitrogens with one attached hydrogen (secondary N) is 1. The van der Waals surface area contributed by atoms with E-state index in [0.717, 1.165) is 19.3 Å². The third-order valence-electron chi connectivity index (χ3n) is 4.79. The van der Waals surface area contributed by atoms with Gasteiger partial charge in [-0.3, -0.25) is 4.79 Å². The van der Waals surface area contributed by atoms with Gasteiger partial charge in [0, 0.05) is 18.7 Å². The Labute approximate surface area is 171 Å². The first-order chi connectivity index (χ1) is 14.0. The molecule has 0 unspecified atom stereocenters. The van der Waals surface area contributed by atoms with Crippen LogP contribution in [0.5, 0.6) is 11.5 Å². The second-order valence-electron chi connectivity index (χ2n) is 6.71. The van der Waals surface area contributed by atoms with Gasteiger partial charge in [0.25, 0.3) is 5.91 Å².